The van der Waals surface area contributed by atoms with Gasteiger partial charge in [-0.1, -0.05) is 24.3 Å². The Bertz CT molecular complexity index is 887. The van der Waals surface area contributed by atoms with Crippen LogP contribution in [0, 0.1) is 11.3 Å². The average Bonchev–Trinajstić information content (AvgIpc) is 3.10. The number of nitriles is 1. The van der Waals surface area contributed by atoms with Crippen molar-refractivity contribution in [3.8, 4) is 6.07 Å². The number of amidine groups is 1. The number of rotatable bonds is 1. The van der Waals surface area contributed by atoms with Crippen LogP contribution in [0.25, 0.3) is 10.8 Å². The van der Waals surface area contributed by atoms with Crippen molar-refractivity contribution in [2.45, 2.75) is 18.6 Å². The Morgan fingerprint density at radius 2 is 2.04 bits per heavy atom. The smallest absolute Gasteiger partial charge is 0.221 e. The van der Waals surface area contributed by atoms with Gasteiger partial charge in [0.25, 0.3) is 0 Å². The molecule has 0 radical (unpaired) electrons. The summed E-state index contributed by atoms with van der Waals surface area (Å²) in [6, 6.07) is 12.9. The molecule has 2 unspecified atom stereocenters. The summed E-state index contributed by atoms with van der Waals surface area (Å²) in [4.78, 5) is 18.6. The van der Waals surface area contributed by atoms with Gasteiger partial charge in [-0.3, -0.25) is 4.79 Å². The number of hydrogen-bond acceptors (Lipinski definition) is 5. The summed E-state index contributed by atoms with van der Waals surface area (Å²) in [6.45, 7) is 0.637. The zero-order valence-electron chi connectivity index (χ0n) is 12.1. The molecule has 5 nitrogen and oxygen atoms in total. The highest BCUT2D eigenvalue weighted by molar-refractivity contribution is 8.26. The first-order chi connectivity index (χ1) is 11.2. The number of aliphatic hydroxyl groups is 1. The molecule has 0 amide bonds. The molecular weight excluding hydrogens is 310 g/mol. The van der Waals surface area contributed by atoms with E-state index in [2.05, 4.69) is 11.1 Å². The molecule has 2 fully saturated rings. The Morgan fingerprint density at radius 1 is 1.26 bits per heavy atom. The second-order valence-electron chi connectivity index (χ2n) is 5.60. The molecule has 6 heteroatoms. The van der Waals surface area contributed by atoms with Crippen LogP contribution in [0.3, 0.4) is 0 Å². The molecule has 0 aliphatic carbocycles. The summed E-state index contributed by atoms with van der Waals surface area (Å²) < 4.78 is 0. The van der Waals surface area contributed by atoms with Gasteiger partial charge in [0.1, 0.15) is 6.04 Å². The van der Waals surface area contributed by atoms with Crippen molar-refractivity contribution >= 4 is 38.5 Å². The molecule has 2 aliphatic rings. The van der Waals surface area contributed by atoms with Crippen LogP contribution < -0.4 is 0 Å². The van der Waals surface area contributed by atoms with Crippen LogP contribution in [0.1, 0.15) is 12.0 Å². The van der Waals surface area contributed by atoms with E-state index in [1.54, 1.807) is 12.1 Å². The van der Waals surface area contributed by atoms with Gasteiger partial charge in [-0.2, -0.15) is 5.26 Å². The Hall–Kier alpha value is -2.36. The first-order valence-electron chi connectivity index (χ1n) is 7.36. The van der Waals surface area contributed by atoms with Gasteiger partial charge in [0, 0.05) is 17.3 Å². The summed E-state index contributed by atoms with van der Waals surface area (Å²) in [5.74, 6) is 0. The second kappa shape index (κ2) is 5.37. The van der Waals surface area contributed by atoms with Crippen LogP contribution >= 0.6 is 11.8 Å². The maximum absolute atomic E-state index is 12.1. The molecule has 0 spiro atoms. The molecule has 2 aromatic carbocycles. The Kier molecular flexibility index (Phi) is 3.33. The maximum atomic E-state index is 12.1. The summed E-state index contributed by atoms with van der Waals surface area (Å²) in [6.07, 6.45) is -0.0233. The van der Waals surface area contributed by atoms with Crippen LogP contribution in [0.15, 0.2) is 41.4 Å². The number of aliphatic hydroxyl groups excluding tert-OH is 1. The highest BCUT2D eigenvalue weighted by Crippen LogP contribution is 2.36. The number of hydrogen-bond donors (Lipinski definition) is 1. The zero-order valence-corrected chi connectivity index (χ0v) is 13.0. The van der Waals surface area contributed by atoms with Crippen LogP contribution in [0.2, 0.25) is 0 Å². The number of nitrogens with zero attached hydrogens (tertiary/aromatic N) is 3. The first-order valence-corrected chi connectivity index (χ1v) is 8.17. The molecule has 0 bridgehead atoms. The van der Waals surface area contributed by atoms with E-state index in [4.69, 9.17) is 0 Å². The van der Waals surface area contributed by atoms with Crippen LogP contribution in [-0.2, 0) is 4.79 Å². The lowest BCUT2D eigenvalue weighted by Gasteiger charge is -2.16. The van der Waals surface area contributed by atoms with Gasteiger partial charge in [-0.05, 0) is 30.3 Å². The van der Waals surface area contributed by atoms with Gasteiger partial charge < -0.3 is 10.0 Å². The predicted octanol–water partition coefficient (Wildman–Crippen LogP) is 2.41. The number of aliphatic imine (C=N–C) groups is 1. The van der Waals surface area contributed by atoms with E-state index >= 15 is 0 Å². The minimum atomic E-state index is -0.611. The Morgan fingerprint density at radius 3 is 2.83 bits per heavy atom. The molecule has 0 aromatic heterocycles. The van der Waals surface area contributed by atoms with Gasteiger partial charge in [-0.25, -0.2) is 4.99 Å². The first kappa shape index (κ1) is 14.2. The van der Waals surface area contributed by atoms with Gasteiger partial charge in [0.2, 0.25) is 5.12 Å². The SMILES string of the molecule is N#Cc1ccc(/N=C2\SC(=O)C3C(O)CCN23)c2ccccc12. The largest absolute Gasteiger partial charge is 0.390 e. The van der Waals surface area contributed by atoms with Crippen molar-refractivity contribution in [1.29, 1.82) is 5.26 Å². The van der Waals surface area contributed by atoms with Crippen molar-refractivity contribution in [2.75, 3.05) is 6.54 Å². The van der Waals surface area contributed by atoms with Crippen molar-refractivity contribution < 1.29 is 9.90 Å². The highest BCUT2D eigenvalue weighted by Gasteiger charge is 2.46. The van der Waals surface area contributed by atoms with Gasteiger partial charge in [-0.15, -0.1) is 0 Å². The predicted molar refractivity (Wildman–Crippen MR) is 89.5 cm³/mol. The lowest BCUT2D eigenvalue weighted by molar-refractivity contribution is -0.115. The normalized spacial score (nSPS) is 25.1. The standard InChI is InChI=1S/C17H13N3O2S/c18-9-10-5-6-13(12-4-2-1-3-11(10)12)19-17-20-8-7-14(21)15(20)16(22)23-17/h1-6,14-15,21H,7-8H2/b19-17-. The fourth-order valence-corrected chi connectivity index (χ4v) is 4.20. The van der Waals surface area contributed by atoms with Crippen molar-refractivity contribution in [1.82, 2.24) is 4.90 Å². The molecule has 23 heavy (non-hydrogen) atoms. The van der Waals surface area contributed by atoms with Crippen molar-refractivity contribution in [3.63, 3.8) is 0 Å². The minimum Gasteiger partial charge on any atom is -0.390 e. The van der Waals surface area contributed by atoms with Gasteiger partial charge >= 0.3 is 0 Å². The average molecular weight is 323 g/mol. The third-order valence-corrected chi connectivity index (χ3v) is 5.23. The molecule has 2 heterocycles. The number of benzene rings is 2. The number of carbonyl (C=O) groups excluding carboxylic acids is 1. The van der Waals surface area contributed by atoms with Crippen molar-refractivity contribution in [2.24, 2.45) is 4.99 Å². The highest BCUT2D eigenvalue weighted by atomic mass is 32.2. The van der Waals surface area contributed by atoms with E-state index in [0.29, 0.717) is 23.7 Å². The molecular formula is C17H13N3O2S. The number of thioether (sulfide) groups is 1. The van der Waals surface area contributed by atoms with E-state index in [1.807, 2.05) is 29.2 Å². The summed E-state index contributed by atoms with van der Waals surface area (Å²) in [7, 11) is 0. The molecule has 2 saturated heterocycles. The molecule has 2 atom stereocenters. The summed E-state index contributed by atoms with van der Waals surface area (Å²) in [5, 5.41) is 21.5. The molecule has 0 saturated carbocycles. The summed E-state index contributed by atoms with van der Waals surface area (Å²) in [5.41, 5.74) is 1.34. The monoisotopic (exact) mass is 323 g/mol. The third-order valence-electron chi connectivity index (χ3n) is 4.28. The van der Waals surface area contributed by atoms with Crippen molar-refractivity contribution in [3.05, 3.63) is 42.0 Å². The quantitative estimate of drug-likeness (QED) is 0.872. The minimum absolute atomic E-state index is 0.0494. The maximum Gasteiger partial charge on any atom is 0.221 e. The lowest BCUT2D eigenvalue weighted by Crippen LogP contribution is -2.35. The van der Waals surface area contributed by atoms with E-state index in [0.717, 1.165) is 28.2 Å². The van der Waals surface area contributed by atoms with E-state index < -0.39 is 12.1 Å². The van der Waals surface area contributed by atoms with E-state index in [1.165, 1.54) is 0 Å². The fourth-order valence-electron chi connectivity index (χ4n) is 3.15. The van der Waals surface area contributed by atoms with Gasteiger partial charge in [0.05, 0.1) is 23.4 Å². The molecule has 114 valence electrons. The molecule has 2 aliphatic heterocycles. The van der Waals surface area contributed by atoms with Crippen LogP contribution in [-0.4, -0.2) is 39.0 Å². The van der Waals surface area contributed by atoms with Crippen LogP contribution in [0.5, 0.6) is 0 Å². The zero-order chi connectivity index (χ0) is 16.0. The third kappa shape index (κ3) is 2.21. The van der Waals surface area contributed by atoms with E-state index in [9.17, 15) is 15.2 Å². The van der Waals surface area contributed by atoms with Crippen LogP contribution in [0.4, 0.5) is 5.69 Å². The topological polar surface area (TPSA) is 76.7 Å². The Balaban J connectivity index is 1.82. The van der Waals surface area contributed by atoms with E-state index in [-0.39, 0.29) is 5.12 Å². The molecule has 4 rings (SSSR count). The number of carbonyl (C=O) groups is 1. The molecule has 1 N–H and O–H groups in total. The molecule has 2 aromatic rings. The number of fused-ring (bicyclic) bond motifs is 2. The Labute approximate surface area is 137 Å². The van der Waals surface area contributed by atoms with Gasteiger partial charge in [0.15, 0.2) is 5.17 Å². The lowest BCUT2D eigenvalue weighted by atomic mass is 10.0. The summed E-state index contributed by atoms with van der Waals surface area (Å²) >= 11 is 1.09. The second-order valence-corrected chi connectivity index (χ2v) is 6.57. The fraction of sp³-hybridized carbons (Fsp3) is 0.235.